The zero-order valence-corrected chi connectivity index (χ0v) is 10.2. The summed E-state index contributed by atoms with van der Waals surface area (Å²) in [5.74, 6) is 0.595. The molecule has 0 amide bonds. The summed E-state index contributed by atoms with van der Waals surface area (Å²) in [5, 5.41) is 11.7. The Morgan fingerprint density at radius 2 is 1.94 bits per heavy atom. The average molecular weight is 216 g/mol. The van der Waals surface area contributed by atoms with E-state index < -0.39 is 0 Å². The molecule has 0 aliphatic heterocycles. The fourth-order valence-corrected chi connectivity index (χ4v) is 1.55. The number of nitrogens with zero attached hydrogens (tertiary/aromatic N) is 1. The Bertz CT molecular complexity index is 333. The molecule has 0 radical (unpaired) electrons. The Morgan fingerprint density at radius 1 is 1.25 bits per heavy atom. The minimum atomic E-state index is 0.595. The van der Waals surface area contributed by atoms with Crippen molar-refractivity contribution in [2.45, 2.75) is 39.2 Å². The Kier molecular flexibility index (Phi) is 5.60. The fourth-order valence-electron chi connectivity index (χ4n) is 1.55. The van der Waals surface area contributed by atoms with Crippen molar-refractivity contribution >= 4 is 0 Å². The molecular weight excluding hydrogens is 196 g/mol. The van der Waals surface area contributed by atoms with Crippen molar-refractivity contribution in [1.29, 1.82) is 5.26 Å². The van der Waals surface area contributed by atoms with Crippen molar-refractivity contribution in [3.8, 4) is 6.07 Å². The molecule has 0 saturated carbocycles. The first-order chi connectivity index (χ1) is 7.74. The van der Waals surface area contributed by atoms with Gasteiger partial charge in [0.2, 0.25) is 0 Å². The van der Waals surface area contributed by atoms with Crippen LogP contribution in [0.5, 0.6) is 0 Å². The zero-order chi connectivity index (χ0) is 11.8. The number of rotatable bonds is 6. The Balaban J connectivity index is 2.30. The summed E-state index contributed by atoms with van der Waals surface area (Å²) in [7, 11) is 0. The van der Waals surface area contributed by atoms with Gasteiger partial charge >= 0.3 is 0 Å². The highest BCUT2D eigenvalue weighted by atomic mass is 14.8. The van der Waals surface area contributed by atoms with E-state index in [1.807, 2.05) is 0 Å². The van der Waals surface area contributed by atoms with Crippen molar-refractivity contribution < 1.29 is 0 Å². The maximum atomic E-state index is 8.39. The van der Waals surface area contributed by atoms with Gasteiger partial charge in [-0.1, -0.05) is 38.1 Å². The van der Waals surface area contributed by atoms with Gasteiger partial charge < -0.3 is 5.32 Å². The lowest BCUT2D eigenvalue weighted by atomic mass is 10.0. The normalized spacial score (nSPS) is 10.4. The van der Waals surface area contributed by atoms with E-state index in [2.05, 4.69) is 49.5 Å². The van der Waals surface area contributed by atoms with Crippen LogP contribution in [0.25, 0.3) is 0 Å². The summed E-state index contributed by atoms with van der Waals surface area (Å²) in [6.45, 7) is 6.22. The molecule has 1 rings (SSSR count). The first-order valence-corrected chi connectivity index (χ1v) is 5.90. The van der Waals surface area contributed by atoms with Crippen molar-refractivity contribution in [2.75, 3.05) is 6.54 Å². The lowest BCUT2D eigenvalue weighted by molar-refractivity contribution is 0.657. The van der Waals surface area contributed by atoms with Gasteiger partial charge in [-0.3, -0.25) is 0 Å². The highest BCUT2D eigenvalue weighted by Gasteiger charge is 1.98. The third-order valence-corrected chi connectivity index (χ3v) is 2.62. The van der Waals surface area contributed by atoms with Crippen LogP contribution in [0.15, 0.2) is 24.3 Å². The van der Waals surface area contributed by atoms with Gasteiger partial charge in [0.05, 0.1) is 6.07 Å². The van der Waals surface area contributed by atoms with Crippen molar-refractivity contribution in [3.05, 3.63) is 35.4 Å². The molecule has 0 aliphatic rings. The zero-order valence-electron chi connectivity index (χ0n) is 10.2. The lowest BCUT2D eigenvalue weighted by Crippen LogP contribution is -2.14. The number of benzene rings is 1. The van der Waals surface area contributed by atoms with Crippen molar-refractivity contribution in [2.24, 2.45) is 0 Å². The second-order valence-electron chi connectivity index (χ2n) is 4.33. The van der Waals surface area contributed by atoms with Crippen molar-refractivity contribution in [1.82, 2.24) is 5.32 Å². The van der Waals surface area contributed by atoms with Crippen LogP contribution < -0.4 is 5.32 Å². The Labute approximate surface area is 98.3 Å². The summed E-state index contributed by atoms with van der Waals surface area (Å²) >= 11 is 0. The number of hydrogen-bond acceptors (Lipinski definition) is 2. The monoisotopic (exact) mass is 216 g/mol. The summed E-state index contributed by atoms with van der Waals surface area (Å²) in [4.78, 5) is 0. The second-order valence-corrected chi connectivity index (χ2v) is 4.33. The molecule has 2 nitrogen and oxygen atoms in total. The third-order valence-electron chi connectivity index (χ3n) is 2.62. The molecule has 1 aromatic carbocycles. The molecule has 0 bridgehead atoms. The van der Waals surface area contributed by atoms with E-state index in [1.165, 1.54) is 11.1 Å². The topological polar surface area (TPSA) is 35.8 Å². The Hall–Kier alpha value is -1.33. The number of nitrogens with one attached hydrogen (secondary N) is 1. The van der Waals surface area contributed by atoms with E-state index in [4.69, 9.17) is 5.26 Å². The number of unbranched alkanes of at least 4 members (excludes halogenated alkanes) is 1. The average Bonchev–Trinajstić information content (AvgIpc) is 2.29. The molecule has 0 aromatic heterocycles. The van der Waals surface area contributed by atoms with Gasteiger partial charge in [0.1, 0.15) is 0 Å². The van der Waals surface area contributed by atoms with Gasteiger partial charge in [0.15, 0.2) is 0 Å². The lowest BCUT2D eigenvalue weighted by Gasteiger charge is -2.07. The van der Waals surface area contributed by atoms with E-state index in [-0.39, 0.29) is 0 Å². The molecule has 0 aliphatic carbocycles. The van der Waals surface area contributed by atoms with Gasteiger partial charge in [-0.25, -0.2) is 0 Å². The Morgan fingerprint density at radius 3 is 2.50 bits per heavy atom. The molecule has 1 N–H and O–H groups in total. The maximum absolute atomic E-state index is 8.39. The fraction of sp³-hybridized carbons (Fsp3) is 0.500. The summed E-state index contributed by atoms with van der Waals surface area (Å²) in [6.07, 6.45) is 1.57. The van der Waals surface area contributed by atoms with Crippen LogP contribution >= 0.6 is 0 Å². The summed E-state index contributed by atoms with van der Waals surface area (Å²) in [5.41, 5.74) is 2.69. The van der Waals surface area contributed by atoms with Crippen LogP contribution in [0.4, 0.5) is 0 Å². The van der Waals surface area contributed by atoms with E-state index in [9.17, 15) is 0 Å². The molecule has 0 unspecified atom stereocenters. The third kappa shape index (κ3) is 4.46. The molecule has 2 heteroatoms. The minimum absolute atomic E-state index is 0.595. The predicted octanol–water partition coefficient (Wildman–Crippen LogP) is 3.20. The second kappa shape index (κ2) is 7.03. The molecule has 0 atom stereocenters. The van der Waals surface area contributed by atoms with E-state index in [0.29, 0.717) is 12.3 Å². The maximum Gasteiger partial charge on any atom is 0.0622 e. The van der Waals surface area contributed by atoms with Gasteiger partial charge in [-0.15, -0.1) is 0 Å². The molecule has 86 valence electrons. The van der Waals surface area contributed by atoms with Gasteiger partial charge in [-0.2, -0.15) is 5.26 Å². The molecule has 16 heavy (non-hydrogen) atoms. The molecule has 0 spiro atoms. The highest BCUT2D eigenvalue weighted by molar-refractivity contribution is 5.24. The SMILES string of the molecule is CC(C)c1ccc(CNCCCC#N)cc1. The summed E-state index contributed by atoms with van der Waals surface area (Å²) in [6, 6.07) is 10.9. The van der Waals surface area contributed by atoms with Crippen LogP contribution in [-0.2, 0) is 6.54 Å². The molecular formula is C14H20N2. The van der Waals surface area contributed by atoms with Crippen molar-refractivity contribution in [3.63, 3.8) is 0 Å². The molecule has 0 saturated heterocycles. The smallest absolute Gasteiger partial charge is 0.0622 e. The first kappa shape index (κ1) is 12.7. The van der Waals surface area contributed by atoms with Gasteiger partial charge in [-0.05, 0) is 30.0 Å². The molecule has 0 fully saturated rings. The van der Waals surface area contributed by atoms with E-state index in [1.54, 1.807) is 0 Å². The van der Waals surface area contributed by atoms with Crippen LogP contribution in [0.2, 0.25) is 0 Å². The van der Waals surface area contributed by atoms with Gasteiger partial charge in [0, 0.05) is 13.0 Å². The number of nitriles is 1. The quantitative estimate of drug-likeness (QED) is 0.741. The van der Waals surface area contributed by atoms with Crippen LogP contribution in [0.3, 0.4) is 0 Å². The van der Waals surface area contributed by atoms with Gasteiger partial charge in [0.25, 0.3) is 0 Å². The van der Waals surface area contributed by atoms with E-state index >= 15 is 0 Å². The van der Waals surface area contributed by atoms with E-state index in [0.717, 1.165) is 19.5 Å². The molecule has 1 aromatic rings. The summed E-state index contributed by atoms with van der Waals surface area (Å²) < 4.78 is 0. The minimum Gasteiger partial charge on any atom is -0.313 e. The van der Waals surface area contributed by atoms with Crippen LogP contribution in [-0.4, -0.2) is 6.54 Å². The first-order valence-electron chi connectivity index (χ1n) is 5.90. The van der Waals surface area contributed by atoms with Crippen LogP contribution in [0.1, 0.15) is 43.7 Å². The molecule has 0 heterocycles. The largest absolute Gasteiger partial charge is 0.313 e. The predicted molar refractivity (Wildman–Crippen MR) is 67.1 cm³/mol. The number of hydrogen-bond donors (Lipinski definition) is 1. The standard InChI is InChI=1S/C14H20N2/c1-12(2)14-7-5-13(6-8-14)11-16-10-4-3-9-15/h5-8,12,16H,3-4,10-11H2,1-2H3. The highest BCUT2D eigenvalue weighted by Crippen LogP contribution is 2.14. The van der Waals surface area contributed by atoms with Crippen LogP contribution in [0, 0.1) is 11.3 Å².